The molecule has 5 heteroatoms. The number of carboxylic acids is 1. The van der Waals surface area contributed by atoms with Crippen LogP contribution in [0.5, 0.6) is 0 Å². The lowest BCUT2D eigenvalue weighted by molar-refractivity contribution is 0.0689. The zero-order valence-electron chi connectivity index (χ0n) is 7.97. The standard InChI is InChI=1S/C10H8N2O3/c1-6-8(10(13)14)12-9(15-6)7-3-2-4-11-5-7/h2-5H,1H3,(H,13,14). The fourth-order valence-corrected chi connectivity index (χ4v) is 1.21. The Bertz CT molecular complexity index is 491. The smallest absolute Gasteiger partial charge is 0.358 e. The Balaban J connectivity index is 2.48. The molecule has 0 aliphatic carbocycles. The Morgan fingerprint density at radius 1 is 1.53 bits per heavy atom. The van der Waals surface area contributed by atoms with Gasteiger partial charge in [0, 0.05) is 12.4 Å². The number of nitrogens with zero attached hydrogens (tertiary/aromatic N) is 2. The van der Waals surface area contributed by atoms with Crippen molar-refractivity contribution in [2.75, 3.05) is 0 Å². The molecule has 1 N–H and O–H groups in total. The normalized spacial score (nSPS) is 10.2. The number of hydrogen-bond donors (Lipinski definition) is 1. The number of hydrogen-bond acceptors (Lipinski definition) is 4. The minimum absolute atomic E-state index is 0.0612. The lowest BCUT2D eigenvalue weighted by Crippen LogP contribution is -1.98. The lowest BCUT2D eigenvalue weighted by atomic mass is 10.3. The third-order valence-corrected chi connectivity index (χ3v) is 1.91. The summed E-state index contributed by atoms with van der Waals surface area (Å²) in [5, 5.41) is 8.79. The summed E-state index contributed by atoms with van der Waals surface area (Å²) in [5.74, 6) is -0.522. The van der Waals surface area contributed by atoms with Gasteiger partial charge < -0.3 is 9.52 Å². The first-order valence-electron chi connectivity index (χ1n) is 4.29. The fourth-order valence-electron chi connectivity index (χ4n) is 1.21. The average Bonchev–Trinajstić information content (AvgIpc) is 2.62. The highest BCUT2D eigenvalue weighted by Gasteiger charge is 2.16. The van der Waals surface area contributed by atoms with E-state index < -0.39 is 5.97 Å². The van der Waals surface area contributed by atoms with E-state index in [0.717, 1.165) is 0 Å². The summed E-state index contributed by atoms with van der Waals surface area (Å²) >= 11 is 0. The van der Waals surface area contributed by atoms with Crippen molar-refractivity contribution in [2.24, 2.45) is 0 Å². The predicted octanol–water partition coefficient (Wildman–Crippen LogP) is 1.74. The van der Waals surface area contributed by atoms with Crippen LogP contribution in [-0.4, -0.2) is 21.0 Å². The molecule has 76 valence electrons. The van der Waals surface area contributed by atoms with Gasteiger partial charge >= 0.3 is 5.97 Å². The molecule has 15 heavy (non-hydrogen) atoms. The number of aromatic carboxylic acids is 1. The third kappa shape index (κ3) is 1.71. The van der Waals surface area contributed by atoms with Gasteiger partial charge in [0.1, 0.15) is 5.76 Å². The second kappa shape index (κ2) is 3.53. The Morgan fingerprint density at radius 3 is 2.87 bits per heavy atom. The lowest BCUT2D eigenvalue weighted by Gasteiger charge is -1.91. The molecule has 0 bridgehead atoms. The molecule has 2 aromatic rings. The molecule has 2 heterocycles. The SMILES string of the molecule is Cc1oc(-c2cccnc2)nc1C(=O)O. The van der Waals surface area contributed by atoms with E-state index in [9.17, 15) is 4.79 Å². The molecular formula is C10H8N2O3. The number of pyridine rings is 1. The summed E-state index contributed by atoms with van der Waals surface area (Å²) in [6.07, 6.45) is 3.19. The van der Waals surface area contributed by atoms with Crippen LogP contribution in [-0.2, 0) is 0 Å². The Kier molecular flexibility index (Phi) is 2.21. The van der Waals surface area contributed by atoms with Crippen molar-refractivity contribution in [3.63, 3.8) is 0 Å². The topological polar surface area (TPSA) is 76.2 Å². The monoisotopic (exact) mass is 204 g/mol. The van der Waals surface area contributed by atoms with Crippen molar-refractivity contribution in [3.8, 4) is 11.5 Å². The van der Waals surface area contributed by atoms with Gasteiger partial charge in [0.25, 0.3) is 0 Å². The van der Waals surface area contributed by atoms with Gasteiger partial charge in [0.05, 0.1) is 5.56 Å². The molecule has 0 fully saturated rings. The first kappa shape index (κ1) is 9.39. The number of oxazole rings is 1. The van der Waals surface area contributed by atoms with Crippen LogP contribution in [0.1, 0.15) is 16.2 Å². The summed E-state index contributed by atoms with van der Waals surface area (Å²) in [5.41, 5.74) is 0.599. The van der Waals surface area contributed by atoms with Gasteiger partial charge in [-0.25, -0.2) is 9.78 Å². The molecule has 5 nitrogen and oxygen atoms in total. The van der Waals surface area contributed by atoms with E-state index in [1.165, 1.54) is 0 Å². The van der Waals surface area contributed by atoms with E-state index in [0.29, 0.717) is 11.3 Å². The zero-order chi connectivity index (χ0) is 10.8. The van der Waals surface area contributed by atoms with Gasteiger partial charge in [-0.3, -0.25) is 4.98 Å². The van der Waals surface area contributed by atoms with Crippen LogP contribution in [0.15, 0.2) is 28.9 Å². The predicted molar refractivity (Wildman–Crippen MR) is 51.4 cm³/mol. The minimum atomic E-state index is -1.09. The highest BCUT2D eigenvalue weighted by Crippen LogP contribution is 2.20. The second-order valence-electron chi connectivity index (χ2n) is 2.97. The number of carbonyl (C=O) groups is 1. The molecule has 2 aromatic heterocycles. The van der Waals surface area contributed by atoms with Crippen LogP contribution >= 0.6 is 0 Å². The van der Waals surface area contributed by atoms with Crippen molar-refractivity contribution < 1.29 is 14.3 Å². The molecule has 0 aliphatic rings. The number of rotatable bonds is 2. The van der Waals surface area contributed by atoms with Crippen molar-refractivity contribution in [1.29, 1.82) is 0 Å². The quantitative estimate of drug-likeness (QED) is 0.806. The largest absolute Gasteiger partial charge is 0.476 e. The molecule has 0 aromatic carbocycles. The fraction of sp³-hybridized carbons (Fsp3) is 0.100. The van der Waals surface area contributed by atoms with Crippen LogP contribution in [0.2, 0.25) is 0 Å². The van der Waals surface area contributed by atoms with Crippen molar-refractivity contribution in [3.05, 3.63) is 36.0 Å². The molecule has 0 spiro atoms. The maximum Gasteiger partial charge on any atom is 0.358 e. The van der Waals surface area contributed by atoms with Crippen LogP contribution in [0.4, 0.5) is 0 Å². The summed E-state index contributed by atoms with van der Waals surface area (Å²) in [6, 6.07) is 3.49. The third-order valence-electron chi connectivity index (χ3n) is 1.91. The molecule has 0 aliphatic heterocycles. The van der Waals surface area contributed by atoms with Gasteiger partial charge in [-0.1, -0.05) is 0 Å². The number of aromatic nitrogens is 2. The second-order valence-corrected chi connectivity index (χ2v) is 2.97. The molecule has 0 unspecified atom stereocenters. The van der Waals surface area contributed by atoms with Gasteiger partial charge in [0.15, 0.2) is 5.69 Å². The Morgan fingerprint density at radius 2 is 2.33 bits per heavy atom. The van der Waals surface area contributed by atoms with Crippen molar-refractivity contribution in [2.45, 2.75) is 6.92 Å². The Hall–Kier alpha value is -2.17. The molecule has 0 radical (unpaired) electrons. The number of aryl methyl sites for hydroxylation is 1. The summed E-state index contributed by atoms with van der Waals surface area (Å²) in [6.45, 7) is 1.57. The maximum atomic E-state index is 10.7. The molecule has 0 atom stereocenters. The van der Waals surface area contributed by atoms with Gasteiger partial charge in [-0.15, -0.1) is 0 Å². The van der Waals surface area contributed by atoms with Crippen molar-refractivity contribution >= 4 is 5.97 Å². The van der Waals surface area contributed by atoms with Crippen LogP contribution in [0.3, 0.4) is 0 Å². The van der Waals surface area contributed by atoms with E-state index in [-0.39, 0.29) is 11.6 Å². The summed E-state index contributed by atoms with van der Waals surface area (Å²) in [7, 11) is 0. The highest BCUT2D eigenvalue weighted by atomic mass is 16.4. The van der Waals surface area contributed by atoms with Crippen molar-refractivity contribution in [1.82, 2.24) is 9.97 Å². The summed E-state index contributed by atoms with van der Waals surface area (Å²) in [4.78, 5) is 18.5. The first-order chi connectivity index (χ1) is 7.18. The van der Waals surface area contributed by atoms with Gasteiger partial charge in [-0.2, -0.15) is 0 Å². The Labute approximate surface area is 85.4 Å². The molecular weight excluding hydrogens is 196 g/mol. The average molecular weight is 204 g/mol. The van der Waals surface area contributed by atoms with Gasteiger partial charge in [0.2, 0.25) is 5.89 Å². The highest BCUT2D eigenvalue weighted by molar-refractivity contribution is 5.87. The first-order valence-corrected chi connectivity index (χ1v) is 4.29. The minimum Gasteiger partial charge on any atom is -0.476 e. The number of carboxylic acid groups (broad SMARTS) is 1. The van der Waals surface area contributed by atoms with Crippen LogP contribution in [0, 0.1) is 6.92 Å². The molecule has 0 saturated carbocycles. The van der Waals surface area contributed by atoms with Crippen LogP contribution < -0.4 is 0 Å². The summed E-state index contributed by atoms with van der Waals surface area (Å²) < 4.78 is 5.23. The molecule has 0 saturated heterocycles. The molecule has 0 amide bonds. The van der Waals surface area contributed by atoms with E-state index in [4.69, 9.17) is 9.52 Å². The van der Waals surface area contributed by atoms with E-state index in [1.54, 1.807) is 31.5 Å². The van der Waals surface area contributed by atoms with E-state index in [1.807, 2.05) is 0 Å². The van der Waals surface area contributed by atoms with E-state index in [2.05, 4.69) is 9.97 Å². The van der Waals surface area contributed by atoms with E-state index >= 15 is 0 Å². The molecule has 2 rings (SSSR count). The van der Waals surface area contributed by atoms with Crippen LogP contribution in [0.25, 0.3) is 11.5 Å². The zero-order valence-corrected chi connectivity index (χ0v) is 7.97. The maximum absolute atomic E-state index is 10.7. The van der Waals surface area contributed by atoms with Gasteiger partial charge in [-0.05, 0) is 19.1 Å².